The maximum Gasteiger partial charge on any atom is 0.252 e. The van der Waals surface area contributed by atoms with Crippen LogP contribution in [0.1, 0.15) is 28.8 Å². The van der Waals surface area contributed by atoms with Crippen LogP contribution in [0.25, 0.3) is 0 Å². The molecule has 0 spiro atoms. The van der Waals surface area contributed by atoms with E-state index in [9.17, 15) is 4.79 Å². The molecule has 1 amide bonds. The van der Waals surface area contributed by atoms with Crippen LogP contribution in [-0.4, -0.2) is 37.4 Å². The zero-order valence-corrected chi connectivity index (χ0v) is 12.4. The van der Waals surface area contributed by atoms with Gasteiger partial charge in [0.2, 0.25) is 0 Å². The third kappa shape index (κ3) is 3.32. The molecule has 1 aliphatic heterocycles. The first-order valence-electron chi connectivity index (χ1n) is 6.80. The van der Waals surface area contributed by atoms with Crippen molar-refractivity contribution in [1.29, 1.82) is 0 Å². The van der Waals surface area contributed by atoms with Gasteiger partial charge in [0.25, 0.3) is 5.91 Å². The number of ether oxygens (including phenoxy) is 1. The van der Waals surface area contributed by atoms with Crippen molar-refractivity contribution in [3.63, 3.8) is 0 Å². The number of carbonyl (C=O) groups excluding carboxylic acids is 1. The molecule has 1 aromatic carbocycles. The van der Waals surface area contributed by atoms with E-state index in [2.05, 4.69) is 5.32 Å². The van der Waals surface area contributed by atoms with Crippen LogP contribution in [0.15, 0.2) is 18.2 Å². The second-order valence-electron chi connectivity index (χ2n) is 5.40. The van der Waals surface area contributed by atoms with E-state index in [0.29, 0.717) is 36.8 Å². The highest BCUT2D eigenvalue weighted by Crippen LogP contribution is 2.31. The van der Waals surface area contributed by atoms with Crippen LogP contribution < -0.4 is 5.32 Å². The molecular weight excluding hydrogens is 278 g/mol. The summed E-state index contributed by atoms with van der Waals surface area (Å²) in [7, 11) is 0. The van der Waals surface area contributed by atoms with Gasteiger partial charge in [-0.25, -0.2) is 0 Å². The molecule has 1 fully saturated rings. The molecule has 0 aromatic heterocycles. The third-order valence-electron chi connectivity index (χ3n) is 3.89. The van der Waals surface area contributed by atoms with E-state index < -0.39 is 0 Å². The number of nitrogens with one attached hydrogen (secondary N) is 1. The normalized spacial score (nSPS) is 21.9. The zero-order valence-electron chi connectivity index (χ0n) is 11.6. The van der Waals surface area contributed by atoms with Gasteiger partial charge in [-0.05, 0) is 31.4 Å². The Labute approximate surface area is 124 Å². The SMILES string of the molecule is Cc1cccc(C(=O)NCC2(CCO)CCOC2)c1Cl. The minimum absolute atomic E-state index is 0.102. The van der Waals surface area contributed by atoms with E-state index in [1.54, 1.807) is 6.07 Å². The number of benzene rings is 1. The van der Waals surface area contributed by atoms with Crippen LogP contribution in [0.2, 0.25) is 5.02 Å². The van der Waals surface area contributed by atoms with Gasteiger partial charge >= 0.3 is 0 Å². The fourth-order valence-corrected chi connectivity index (χ4v) is 2.71. The highest BCUT2D eigenvalue weighted by molar-refractivity contribution is 6.34. The van der Waals surface area contributed by atoms with Gasteiger partial charge in [0.05, 0.1) is 17.2 Å². The molecule has 0 bridgehead atoms. The number of rotatable bonds is 5. The second-order valence-corrected chi connectivity index (χ2v) is 5.77. The monoisotopic (exact) mass is 297 g/mol. The molecule has 4 nitrogen and oxygen atoms in total. The average molecular weight is 298 g/mol. The lowest BCUT2D eigenvalue weighted by Crippen LogP contribution is -2.38. The van der Waals surface area contributed by atoms with Gasteiger partial charge in [0.1, 0.15) is 0 Å². The molecule has 5 heteroatoms. The van der Waals surface area contributed by atoms with E-state index in [-0.39, 0.29) is 17.9 Å². The topological polar surface area (TPSA) is 58.6 Å². The van der Waals surface area contributed by atoms with Gasteiger partial charge in [-0.3, -0.25) is 4.79 Å². The van der Waals surface area contributed by atoms with E-state index in [4.69, 9.17) is 21.4 Å². The maximum absolute atomic E-state index is 12.2. The maximum atomic E-state index is 12.2. The lowest BCUT2D eigenvalue weighted by Gasteiger charge is -2.26. The minimum Gasteiger partial charge on any atom is -0.396 e. The number of aliphatic hydroxyl groups excluding tert-OH is 1. The Hall–Kier alpha value is -1.10. The molecular formula is C15H20ClNO3. The van der Waals surface area contributed by atoms with Gasteiger partial charge < -0.3 is 15.2 Å². The average Bonchev–Trinajstić information content (AvgIpc) is 2.89. The fourth-order valence-electron chi connectivity index (χ4n) is 2.50. The molecule has 0 aliphatic carbocycles. The highest BCUT2D eigenvalue weighted by atomic mass is 35.5. The van der Waals surface area contributed by atoms with Crippen molar-refractivity contribution >= 4 is 17.5 Å². The molecule has 2 N–H and O–H groups in total. The molecule has 20 heavy (non-hydrogen) atoms. The summed E-state index contributed by atoms with van der Waals surface area (Å²) in [6.07, 6.45) is 1.49. The molecule has 0 radical (unpaired) electrons. The Bertz CT molecular complexity index is 484. The summed E-state index contributed by atoms with van der Waals surface area (Å²) >= 11 is 6.15. The fraction of sp³-hybridized carbons (Fsp3) is 0.533. The third-order valence-corrected chi connectivity index (χ3v) is 4.39. The van der Waals surface area contributed by atoms with Crippen LogP contribution in [0, 0.1) is 12.3 Å². The van der Waals surface area contributed by atoms with E-state index in [1.165, 1.54) is 0 Å². The number of halogens is 1. The van der Waals surface area contributed by atoms with Crippen molar-refractivity contribution in [3.8, 4) is 0 Å². The summed E-state index contributed by atoms with van der Waals surface area (Å²) in [4.78, 5) is 12.2. The number of carbonyl (C=O) groups is 1. The largest absolute Gasteiger partial charge is 0.396 e. The molecule has 1 aromatic rings. The first-order valence-corrected chi connectivity index (χ1v) is 7.18. The van der Waals surface area contributed by atoms with Crippen molar-refractivity contribution in [2.45, 2.75) is 19.8 Å². The molecule has 1 atom stereocenters. The van der Waals surface area contributed by atoms with Crippen molar-refractivity contribution < 1.29 is 14.6 Å². The predicted octanol–water partition coefficient (Wildman–Crippen LogP) is 2.17. The first-order chi connectivity index (χ1) is 9.58. The summed E-state index contributed by atoms with van der Waals surface area (Å²) < 4.78 is 5.41. The number of aliphatic hydroxyl groups is 1. The summed E-state index contributed by atoms with van der Waals surface area (Å²) in [5, 5.41) is 12.6. The molecule has 1 unspecified atom stereocenters. The Balaban J connectivity index is 2.02. The van der Waals surface area contributed by atoms with E-state index in [1.807, 2.05) is 19.1 Å². The molecule has 0 saturated carbocycles. The van der Waals surface area contributed by atoms with Crippen LogP contribution in [0.5, 0.6) is 0 Å². The number of hydrogen-bond acceptors (Lipinski definition) is 3. The quantitative estimate of drug-likeness (QED) is 0.876. The molecule has 110 valence electrons. The van der Waals surface area contributed by atoms with E-state index in [0.717, 1.165) is 12.0 Å². The highest BCUT2D eigenvalue weighted by Gasteiger charge is 2.34. The van der Waals surface area contributed by atoms with E-state index >= 15 is 0 Å². The summed E-state index contributed by atoms with van der Waals surface area (Å²) in [6, 6.07) is 5.41. The Morgan fingerprint density at radius 2 is 2.35 bits per heavy atom. The van der Waals surface area contributed by atoms with Crippen molar-refractivity contribution in [3.05, 3.63) is 34.3 Å². The van der Waals surface area contributed by atoms with Crippen molar-refractivity contribution in [2.24, 2.45) is 5.41 Å². The van der Waals surface area contributed by atoms with Gasteiger partial charge in [-0.1, -0.05) is 23.7 Å². The van der Waals surface area contributed by atoms with Crippen LogP contribution in [-0.2, 0) is 4.74 Å². The number of aryl methyl sites for hydroxylation is 1. The van der Waals surface area contributed by atoms with Crippen LogP contribution in [0.3, 0.4) is 0 Å². The van der Waals surface area contributed by atoms with Crippen molar-refractivity contribution in [1.82, 2.24) is 5.32 Å². The zero-order chi connectivity index (χ0) is 14.6. The molecule has 2 rings (SSSR count). The Morgan fingerprint density at radius 1 is 1.55 bits per heavy atom. The molecule has 1 heterocycles. The number of hydrogen-bond donors (Lipinski definition) is 2. The molecule has 1 saturated heterocycles. The lowest BCUT2D eigenvalue weighted by molar-refractivity contribution is 0.0889. The second kappa shape index (κ2) is 6.57. The Kier molecular flexibility index (Phi) is 5.02. The molecule has 1 aliphatic rings. The Morgan fingerprint density at radius 3 is 3.00 bits per heavy atom. The van der Waals surface area contributed by atoms with Crippen molar-refractivity contribution in [2.75, 3.05) is 26.4 Å². The summed E-state index contributed by atoms with van der Waals surface area (Å²) in [6.45, 7) is 3.73. The minimum atomic E-state index is -0.178. The predicted molar refractivity (Wildman–Crippen MR) is 78.1 cm³/mol. The van der Waals surface area contributed by atoms with Crippen LogP contribution in [0.4, 0.5) is 0 Å². The smallest absolute Gasteiger partial charge is 0.252 e. The van der Waals surface area contributed by atoms with Crippen LogP contribution >= 0.6 is 11.6 Å². The lowest BCUT2D eigenvalue weighted by atomic mass is 9.84. The number of amides is 1. The van der Waals surface area contributed by atoms with Gasteiger partial charge in [-0.2, -0.15) is 0 Å². The standard InChI is InChI=1S/C15H20ClNO3/c1-11-3-2-4-12(13(11)16)14(19)17-9-15(5-7-18)6-8-20-10-15/h2-4,18H,5-10H2,1H3,(H,17,19). The first kappa shape index (κ1) is 15.3. The summed E-state index contributed by atoms with van der Waals surface area (Å²) in [5.74, 6) is -0.178. The van der Waals surface area contributed by atoms with Gasteiger partial charge in [0.15, 0.2) is 0 Å². The summed E-state index contributed by atoms with van der Waals surface area (Å²) in [5.41, 5.74) is 1.22. The van der Waals surface area contributed by atoms with Gasteiger partial charge in [-0.15, -0.1) is 0 Å². The van der Waals surface area contributed by atoms with Gasteiger partial charge in [0, 0.05) is 25.2 Å².